The van der Waals surface area contributed by atoms with E-state index >= 15 is 0 Å². The first-order valence-electron chi connectivity index (χ1n) is 9.76. The molecule has 2 atom stereocenters. The first kappa shape index (κ1) is 18.0. The van der Waals surface area contributed by atoms with Crippen LogP contribution in [-0.4, -0.2) is 11.7 Å². The summed E-state index contributed by atoms with van der Waals surface area (Å²) in [5.41, 5.74) is 0.770. The minimum absolute atomic E-state index is 0.0137. The Hall–Kier alpha value is -2.42. The molecule has 2 fully saturated rings. The van der Waals surface area contributed by atoms with Gasteiger partial charge in [0.25, 0.3) is 0 Å². The number of hydrogen-bond donors (Lipinski definition) is 1. The predicted octanol–water partition coefficient (Wildman–Crippen LogP) is 4.68. The molecular formula is C24H27NO2. The maximum absolute atomic E-state index is 13.6. The van der Waals surface area contributed by atoms with E-state index in [2.05, 4.69) is 19.2 Å². The maximum Gasteiger partial charge on any atom is 0.227 e. The Morgan fingerprint density at radius 1 is 0.889 bits per heavy atom. The van der Waals surface area contributed by atoms with Crippen molar-refractivity contribution < 1.29 is 9.59 Å². The van der Waals surface area contributed by atoms with E-state index in [-0.39, 0.29) is 28.6 Å². The molecule has 1 amide bonds. The average Bonchev–Trinajstić information content (AvgIpc) is 2.97. The lowest BCUT2D eigenvalue weighted by Gasteiger charge is -2.39. The minimum Gasteiger partial charge on any atom is -0.345 e. The number of nitrogens with one attached hydrogen (secondary N) is 1. The largest absolute Gasteiger partial charge is 0.345 e. The van der Waals surface area contributed by atoms with E-state index in [0.29, 0.717) is 6.42 Å². The zero-order chi connectivity index (χ0) is 19.3. The van der Waals surface area contributed by atoms with Crippen LogP contribution in [0.1, 0.15) is 57.2 Å². The van der Waals surface area contributed by atoms with Crippen molar-refractivity contribution in [2.75, 3.05) is 0 Å². The Kier molecular flexibility index (Phi) is 4.03. The topological polar surface area (TPSA) is 46.2 Å². The second-order valence-electron chi connectivity index (χ2n) is 8.87. The van der Waals surface area contributed by atoms with Crippen molar-refractivity contribution in [2.45, 2.75) is 46.1 Å². The van der Waals surface area contributed by atoms with Crippen LogP contribution in [0.5, 0.6) is 0 Å². The van der Waals surface area contributed by atoms with Crippen LogP contribution in [-0.2, 0) is 9.59 Å². The van der Waals surface area contributed by atoms with E-state index in [1.54, 1.807) is 0 Å². The van der Waals surface area contributed by atoms with Crippen LogP contribution in [0.15, 0.2) is 60.7 Å². The summed E-state index contributed by atoms with van der Waals surface area (Å²) >= 11 is 0. The third-order valence-corrected chi connectivity index (χ3v) is 7.68. The van der Waals surface area contributed by atoms with Crippen molar-refractivity contribution in [3.8, 4) is 0 Å². The number of hydrogen-bond acceptors (Lipinski definition) is 2. The zero-order valence-electron chi connectivity index (χ0n) is 16.3. The van der Waals surface area contributed by atoms with Gasteiger partial charge in [-0.3, -0.25) is 9.59 Å². The molecule has 2 bridgehead atoms. The molecule has 0 unspecified atom stereocenters. The van der Waals surface area contributed by atoms with Gasteiger partial charge in [0, 0.05) is 11.8 Å². The molecule has 1 N–H and O–H groups in total. The van der Waals surface area contributed by atoms with E-state index in [1.807, 2.05) is 67.6 Å². The zero-order valence-corrected chi connectivity index (χ0v) is 16.3. The second kappa shape index (κ2) is 6.05. The number of carbonyl (C=O) groups excluding carboxylic acids is 2. The quantitative estimate of drug-likeness (QED) is 0.859. The van der Waals surface area contributed by atoms with Crippen LogP contribution in [0.2, 0.25) is 0 Å². The van der Waals surface area contributed by atoms with Gasteiger partial charge in [0.05, 0.1) is 11.5 Å². The molecule has 0 saturated heterocycles. The van der Waals surface area contributed by atoms with Gasteiger partial charge in [0.2, 0.25) is 5.91 Å². The van der Waals surface area contributed by atoms with Gasteiger partial charge in [-0.2, -0.15) is 0 Å². The summed E-state index contributed by atoms with van der Waals surface area (Å²) in [5, 5.41) is 3.31. The first-order valence-corrected chi connectivity index (χ1v) is 9.76. The van der Waals surface area contributed by atoms with Gasteiger partial charge in [-0.05, 0) is 29.4 Å². The molecule has 4 rings (SSSR count). The lowest BCUT2D eigenvalue weighted by molar-refractivity contribution is -0.137. The van der Waals surface area contributed by atoms with Crippen LogP contribution < -0.4 is 5.32 Å². The maximum atomic E-state index is 13.6. The lowest BCUT2D eigenvalue weighted by Crippen LogP contribution is -2.47. The van der Waals surface area contributed by atoms with Crippen LogP contribution in [0, 0.1) is 16.2 Å². The molecule has 2 saturated carbocycles. The van der Waals surface area contributed by atoms with Gasteiger partial charge in [-0.1, -0.05) is 81.4 Å². The Bertz CT molecular complexity index is 834. The number of ketones is 1. The highest BCUT2D eigenvalue weighted by Crippen LogP contribution is 2.70. The normalized spacial score (nSPS) is 28.5. The predicted molar refractivity (Wildman–Crippen MR) is 106 cm³/mol. The molecule has 3 nitrogen and oxygen atoms in total. The average molecular weight is 361 g/mol. The molecule has 0 heterocycles. The van der Waals surface area contributed by atoms with Crippen molar-refractivity contribution in [1.29, 1.82) is 0 Å². The summed E-state index contributed by atoms with van der Waals surface area (Å²) in [6.07, 6.45) is 1.94. The van der Waals surface area contributed by atoms with E-state index in [0.717, 1.165) is 24.0 Å². The van der Waals surface area contributed by atoms with E-state index < -0.39 is 5.41 Å². The minimum atomic E-state index is -0.610. The van der Waals surface area contributed by atoms with Crippen LogP contribution in [0.4, 0.5) is 0 Å². The molecule has 2 aromatic carbocycles. The SMILES string of the molecule is CC1(C)[C@@]2(C(=O)NC(c3ccccc3)c3ccccc3)CC[C@@]1(C)C(=O)C2. The molecule has 3 heteroatoms. The van der Waals surface area contributed by atoms with E-state index in [1.165, 1.54) is 0 Å². The number of amides is 1. The summed E-state index contributed by atoms with van der Waals surface area (Å²) in [6.45, 7) is 6.25. The fourth-order valence-electron chi connectivity index (χ4n) is 5.28. The van der Waals surface area contributed by atoms with Gasteiger partial charge < -0.3 is 5.32 Å². The summed E-state index contributed by atoms with van der Waals surface area (Å²) in [5.74, 6) is 0.254. The smallest absolute Gasteiger partial charge is 0.227 e. The standard InChI is InChI=1S/C24H27NO2/c1-22(2)23(3)14-15-24(22,16-19(23)26)21(27)25-20(17-10-6-4-7-11-17)18-12-8-5-9-13-18/h4-13,20H,14-16H2,1-3H3,(H,25,27)/t23-,24-/m0/s1. The Balaban J connectivity index is 1.71. The van der Waals surface area contributed by atoms with Gasteiger partial charge in [0.1, 0.15) is 5.78 Å². The fourth-order valence-corrected chi connectivity index (χ4v) is 5.28. The monoisotopic (exact) mass is 361 g/mol. The molecule has 2 aliphatic rings. The summed E-state index contributed by atoms with van der Waals surface area (Å²) in [6, 6.07) is 19.9. The number of carbonyl (C=O) groups is 2. The van der Waals surface area contributed by atoms with Gasteiger partial charge in [0.15, 0.2) is 0 Å². The summed E-state index contributed by atoms with van der Waals surface area (Å²) in [7, 11) is 0. The molecule has 27 heavy (non-hydrogen) atoms. The van der Waals surface area contributed by atoms with Crippen LogP contribution >= 0.6 is 0 Å². The van der Waals surface area contributed by atoms with E-state index in [4.69, 9.17) is 0 Å². The molecular weight excluding hydrogens is 334 g/mol. The highest BCUT2D eigenvalue weighted by molar-refractivity contribution is 5.99. The highest BCUT2D eigenvalue weighted by atomic mass is 16.2. The second-order valence-corrected chi connectivity index (χ2v) is 8.87. The Morgan fingerprint density at radius 2 is 1.41 bits per heavy atom. The fraction of sp³-hybridized carbons (Fsp3) is 0.417. The van der Waals surface area contributed by atoms with E-state index in [9.17, 15) is 9.59 Å². The number of fused-ring (bicyclic) bond motifs is 2. The van der Waals surface area contributed by atoms with Crippen molar-refractivity contribution in [3.05, 3.63) is 71.8 Å². The van der Waals surface area contributed by atoms with Crippen molar-refractivity contribution in [3.63, 3.8) is 0 Å². The number of rotatable bonds is 4. The molecule has 0 aliphatic heterocycles. The van der Waals surface area contributed by atoms with Gasteiger partial charge >= 0.3 is 0 Å². The Labute approximate surface area is 161 Å². The molecule has 2 aliphatic carbocycles. The third-order valence-electron chi connectivity index (χ3n) is 7.68. The first-order chi connectivity index (χ1) is 12.8. The highest BCUT2D eigenvalue weighted by Gasteiger charge is 2.72. The molecule has 0 spiro atoms. The summed E-state index contributed by atoms with van der Waals surface area (Å²) in [4.78, 5) is 26.4. The number of Topliss-reactive ketones (excluding diaryl/α,β-unsaturated/α-hetero) is 1. The Morgan fingerprint density at radius 3 is 1.81 bits per heavy atom. The number of benzene rings is 2. The van der Waals surface area contributed by atoms with Gasteiger partial charge in [-0.15, -0.1) is 0 Å². The molecule has 0 radical (unpaired) electrons. The van der Waals surface area contributed by atoms with Crippen molar-refractivity contribution in [2.24, 2.45) is 16.2 Å². The van der Waals surface area contributed by atoms with Crippen LogP contribution in [0.3, 0.4) is 0 Å². The van der Waals surface area contributed by atoms with Crippen molar-refractivity contribution in [1.82, 2.24) is 5.32 Å². The van der Waals surface area contributed by atoms with Crippen molar-refractivity contribution >= 4 is 11.7 Å². The molecule has 2 aromatic rings. The van der Waals surface area contributed by atoms with Gasteiger partial charge in [-0.25, -0.2) is 0 Å². The molecule has 0 aromatic heterocycles. The lowest BCUT2D eigenvalue weighted by atomic mass is 9.64. The third kappa shape index (κ3) is 2.40. The molecule has 140 valence electrons. The summed E-state index contributed by atoms with van der Waals surface area (Å²) < 4.78 is 0. The van der Waals surface area contributed by atoms with Crippen LogP contribution in [0.25, 0.3) is 0 Å².